The smallest absolute Gasteiger partial charge is 0.186 e. The lowest BCUT2D eigenvalue weighted by molar-refractivity contribution is -0.0683. The van der Waals surface area contributed by atoms with Gasteiger partial charge in [0.2, 0.25) is 0 Å². The zero-order chi connectivity index (χ0) is 10.7. The number of aliphatic hydroxyl groups excluding tert-OH is 1. The average Bonchev–Trinajstić information content (AvgIpc) is 2.01. The Labute approximate surface area is 123 Å². The van der Waals surface area contributed by atoms with Crippen LogP contribution in [0.5, 0.6) is 5.75 Å². The second-order valence-electron chi connectivity index (χ2n) is 2.49. The highest BCUT2D eigenvalue weighted by atomic mass is 127. The van der Waals surface area contributed by atoms with Crippen molar-refractivity contribution in [1.82, 2.24) is 0 Å². The maximum atomic E-state index is 8.67. The molecule has 0 saturated heterocycles. The van der Waals surface area contributed by atoms with E-state index in [2.05, 4.69) is 67.8 Å². The first kappa shape index (κ1) is 13.2. The van der Waals surface area contributed by atoms with Crippen LogP contribution in [0, 0.1) is 10.7 Å². The van der Waals surface area contributed by atoms with Crippen LogP contribution >= 0.6 is 67.8 Å². The fraction of sp³-hybridized carbons (Fsp3) is 0.250. The topological polar surface area (TPSA) is 49.7 Å². The van der Waals surface area contributed by atoms with E-state index in [4.69, 9.17) is 14.9 Å². The number of rotatable bonds is 3. The molecule has 0 unspecified atom stereocenters. The zero-order valence-corrected chi connectivity index (χ0v) is 13.3. The minimum atomic E-state index is -1.43. The van der Waals surface area contributed by atoms with Gasteiger partial charge >= 0.3 is 0 Å². The van der Waals surface area contributed by atoms with Crippen LogP contribution in [-0.4, -0.2) is 23.1 Å². The molecule has 2 N–H and O–H groups in total. The molecule has 0 atom stereocenters. The molecule has 0 heterocycles. The Kier molecular flexibility index (Phi) is 5.67. The van der Waals surface area contributed by atoms with Crippen molar-refractivity contribution in [1.29, 1.82) is 0 Å². The van der Waals surface area contributed by atoms with Gasteiger partial charge in [-0.3, -0.25) is 0 Å². The quantitative estimate of drug-likeness (QED) is 0.465. The molecule has 0 bridgehead atoms. The van der Waals surface area contributed by atoms with Gasteiger partial charge in [0, 0.05) is 3.57 Å². The lowest BCUT2D eigenvalue weighted by Gasteiger charge is -2.11. The molecule has 0 aliphatic rings. The molecule has 0 saturated carbocycles. The SMILES string of the molecule is OC(O)COc1c(I)cc(I)cc1I. The maximum Gasteiger partial charge on any atom is 0.186 e. The minimum Gasteiger partial charge on any atom is -0.486 e. The molecule has 0 aliphatic heterocycles. The van der Waals surface area contributed by atoms with Crippen molar-refractivity contribution in [2.24, 2.45) is 0 Å². The van der Waals surface area contributed by atoms with E-state index in [-0.39, 0.29) is 6.61 Å². The van der Waals surface area contributed by atoms with Gasteiger partial charge in [0.05, 0.1) is 7.14 Å². The third kappa shape index (κ3) is 3.94. The molecule has 6 heteroatoms. The Balaban J connectivity index is 2.86. The van der Waals surface area contributed by atoms with Crippen molar-refractivity contribution in [2.45, 2.75) is 6.29 Å². The van der Waals surface area contributed by atoms with E-state index < -0.39 is 6.29 Å². The highest BCUT2D eigenvalue weighted by Gasteiger charge is 2.09. The second kappa shape index (κ2) is 6.01. The maximum absolute atomic E-state index is 8.67. The fourth-order valence-electron chi connectivity index (χ4n) is 0.825. The zero-order valence-electron chi connectivity index (χ0n) is 6.88. The summed E-state index contributed by atoms with van der Waals surface area (Å²) in [6.07, 6.45) is -1.43. The van der Waals surface area contributed by atoms with Crippen molar-refractivity contribution < 1.29 is 14.9 Å². The Bertz CT molecular complexity index is 305. The van der Waals surface area contributed by atoms with Crippen molar-refractivity contribution in [2.75, 3.05) is 6.61 Å². The highest BCUT2D eigenvalue weighted by Crippen LogP contribution is 2.29. The Morgan fingerprint density at radius 2 is 1.64 bits per heavy atom. The molecule has 3 nitrogen and oxygen atoms in total. The molecule has 1 aromatic rings. The van der Waals surface area contributed by atoms with E-state index in [1.165, 1.54) is 0 Å². The molecular formula is C8H7I3O3. The molecule has 14 heavy (non-hydrogen) atoms. The molecule has 0 aromatic heterocycles. The fourth-order valence-corrected chi connectivity index (χ4v) is 4.72. The highest BCUT2D eigenvalue weighted by molar-refractivity contribution is 14.1. The molecule has 78 valence electrons. The van der Waals surface area contributed by atoms with Crippen LogP contribution < -0.4 is 4.74 Å². The van der Waals surface area contributed by atoms with E-state index in [0.717, 1.165) is 10.7 Å². The van der Waals surface area contributed by atoms with Crippen molar-refractivity contribution >= 4 is 67.8 Å². The molecule has 0 fully saturated rings. The van der Waals surface area contributed by atoms with E-state index in [9.17, 15) is 0 Å². The summed E-state index contributed by atoms with van der Waals surface area (Å²) in [5.41, 5.74) is 0. The van der Waals surface area contributed by atoms with Crippen LogP contribution in [0.15, 0.2) is 12.1 Å². The van der Waals surface area contributed by atoms with E-state index in [1.807, 2.05) is 12.1 Å². The van der Waals surface area contributed by atoms with Crippen LogP contribution in [0.4, 0.5) is 0 Å². The standard InChI is InChI=1S/C8H7I3O3/c9-4-1-5(10)8(6(11)2-4)14-3-7(12)13/h1-2,7,12-13H,3H2. The molecule has 0 aliphatic carbocycles. The third-order valence-corrected chi connectivity index (χ3v) is 3.57. The van der Waals surface area contributed by atoms with Gasteiger partial charge in [0.25, 0.3) is 0 Å². The third-order valence-electron chi connectivity index (χ3n) is 1.34. The average molecular weight is 532 g/mol. The first-order valence-electron chi connectivity index (χ1n) is 3.64. The first-order chi connectivity index (χ1) is 6.50. The number of ether oxygens (including phenoxy) is 1. The molecule has 1 aromatic carbocycles. The summed E-state index contributed by atoms with van der Waals surface area (Å²) >= 11 is 6.55. The van der Waals surface area contributed by atoms with Gasteiger partial charge in [-0.15, -0.1) is 0 Å². The monoisotopic (exact) mass is 532 g/mol. The summed E-state index contributed by atoms with van der Waals surface area (Å²) in [4.78, 5) is 0. The summed E-state index contributed by atoms with van der Waals surface area (Å²) in [5, 5.41) is 17.3. The number of benzene rings is 1. The van der Waals surface area contributed by atoms with Crippen LogP contribution in [0.2, 0.25) is 0 Å². The lowest BCUT2D eigenvalue weighted by Crippen LogP contribution is -2.17. The summed E-state index contributed by atoms with van der Waals surface area (Å²) in [6.45, 7) is -0.105. The summed E-state index contributed by atoms with van der Waals surface area (Å²) in [6, 6.07) is 3.95. The van der Waals surface area contributed by atoms with Crippen LogP contribution in [0.3, 0.4) is 0 Å². The predicted molar refractivity (Wildman–Crippen MR) is 78.3 cm³/mol. The van der Waals surface area contributed by atoms with Gasteiger partial charge in [-0.25, -0.2) is 0 Å². The van der Waals surface area contributed by atoms with Gasteiger partial charge in [-0.1, -0.05) is 0 Å². The van der Waals surface area contributed by atoms with Gasteiger partial charge in [-0.05, 0) is 79.9 Å². The van der Waals surface area contributed by atoms with Crippen LogP contribution in [0.25, 0.3) is 0 Å². The predicted octanol–water partition coefficient (Wildman–Crippen LogP) is 2.19. The Hall–Kier alpha value is 1.13. The molecule has 0 radical (unpaired) electrons. The summed E-state index contributed by atoms with van der Waals surface area (Å²) < 4.78 is 8.34. The molecular weight excluding hydrogens is 525 g/mol. The van der Waals surface area contributed by atoms with Crippen LogP contribution in [-0.2, 0) is 0 Å². The summed E-state index contributed by atoms with van der Waals surface area (Å²) in [7, 11) is 0. The number of aliphatic hydroxyl groups is 2. The normalized spacial score (nSPS) is 10.7. The van der Waals surface area contributed by atoms with Gasteiger partial charge in [0.15, 0.2) is 6.29 Å². The Morgan fingerprint density at radius 3 is 2.07 bits per heavy atom. The van der Waals surface area contributed by atoms with Gasteiger partial charge < -0.3 is 14.9 Å². The van der Waals surface area contributed by atoms with E-state index >= 15 is 0 Å². The van der Waals surface area contributed by atoms with Gasteiger partial charge in [0.1, 0.15) is 12.4 Å². The summed E-state index contributed by atoms with van der Waals surface area (Å²) in [5.74, 6) is 0.708. The number of hydrogen-bond donors (Lipinski definition) is 2. The Morgan fingerprint density at radius 1 is 1.14 bits per heavy atom. The second-order valence-corrected chi connectivity index (χ2v) is 6.06. The van der Waals surface area contributed by atoms with E-state index in [1.54, 1.807) is 0 Å². The molecule has 1 rings (SSSR count). The van der Waals surface area contributed by atoms with Crippen molar-refractivity contribution in [3.05, 3.63) is 22.8 Å². The van der Waals surface area contributed by atoms with Crippen molar-refractivity contribution in [3.63, 3.8) is 0 Å². The molecule has 0 spiro atoms. The number of hydrogen-bond acceptors (Lipinski definition) is 3. The van der Waals surface area contributed by atoms with Gasteiger partial charge in [-0.2, -0.15) is 0 Å². The minimum absolute atomic E-state index is 0.105. The largest absolute Gasteiger partial charge is 0.486 e. The van der Waals surface area contributed by atoms with E-state index in [0.29, 0.717) is 5.75 Å². The molecule has 0 amide bonds. The number of halogens is 3. The first-order valence-corrected chi connectivity index (χ1v) is 6.88. The lowest BCUT2D eigenvalue weighted by atomic mass is 10.3. The van der Waals surface area contributed by atoms with Crippen LogP contribution in [0.1, 0.15) is 0 Å². The van der Waals surface area contributed by atoms with Crippen molar-refractivity contribution in [3.8, 4) is 5.75 Å².